The van der Waals surface area contributed by atoms with Crippen LogP contribution in [0.4, 0.5) is 0 Å². The second kappa shape index (κ2) is 40.4. The molecule has 0 saturated heterocycles. The fraction of sp³-hybridized carbons (Fsp3) is 0.792. The highest BCUT2D eigenvalue weighted by atomic mass is 31.2. The van der Waals surface area contributed by atoms with E-state index in [1.165, 1.54) is 103 Å². The summed E-state index contributed by atoms with van der Waals surface area (Å²) in [6.45, 7) is 4.27. The fourth-order valence-electron chi connectivity index (χ4n) is 6.32. The summed E-state index contributed by atoms with van der Waals surface area (Å²) < 4.78 is 34.3. The van der Waals surface area contributed by atoms with E-state index in [1.807, 2.05) is 51.5 Å². The van der Waals surface area contributed by atoms with Gasteiger partial charge in [-0.15, -0.1) is 0 Å². The number of phosphoric ester groups is 1. The third-order valence-corrected chi connectivity index (χ3v) is 11.0. The van der Waals surface area contributed by atoms with Crippen LogP contribution in [0.5, 0.6) is 0 Å². The smallest absolute Gasteiger partial charge is 0.462 e. The number of likely N-dealkylation sites (N-methyl/N-ethyl adjacent to an activating group) is 1. The summed E-state index contributed by atoms with van der Waals surface area (Å²) in [6.07, 6.45) is 47.3. The average molecular weight is 839 g/mol. The van der Waals surface area contributed by atoms with Crippen molar-refractivity contribution in [1.29, 1.82) is 0 Å². The second-order valence-electron chi connectivity index (χ2n) is 16.9. The maximum absolute atomic E-state index is 12.7. The Morgan fingerprint density at radius 1 is 0.552 bits per heavy atom. The normalized spacial score (nSPS) is 14.0. The van der Waals surface area contributed by atoms with Crippen LogP contribution in [-0.4, -0.2) is 74.9 Å². The molecule has 0 bridgehead atoms. The second-order valence-corrected chi connectivity index (χ2v) is 18.3. The van der Waals surface area contributed by atoms with Crippen LogP contribution < -0.4 is 0 Å². The molecule has 0 aliphatic carbocycles. The highest BCUT2D eigenvalue weighted by Gasteiger charge is 2.27. The molecule has 58 heavy (non-hydrogen) atoms. The maximum atomic E-state index is 12.7. The Balaban J connectivity index is 4.32. The summed E-state index contributed by atoms with van der Waals surface area (Å²) in [5.74, 6) is -0.821. The molecule has 0 aliphatic rings. The van der Waals surface area contributed by atoms with E-state index in [9.17, 15) is 19.0 Å². The number of hydrogen-bond acceptors (Lipinski definition) is 7. The first-order valence-corrected chi connectivity index (χ1v) is 24.9. The molecule has 0 fully saturated rings. The van der Waals surface area contributed by atoms with Crippen LogP contribution in [0.15, 0.2) is 48.6 Å². The standard InChI is InChI=1S/C48H88NO8P/c1-6-8-10-12-14-16-18-20-22-23-24-25-27-29-31-33-35-37-39-41-48(51)57-46(45-56-58(52,53)55-43-42-49(3,4)5)44-54-47(50)40-38-36-34-32-30-28-26-21-19-17-15-13-11-9-7-2/h9,11,13,15,17,19,21,26,46H,6-8,10,12,14,16,18,20,22-25,27-45H2,1-5H3/p+1/b11-9+,15-13+,19-17+,26-21+/t46-/m1/s1. The van der Waals surface area contributed by atoms with Gasteiger partial charge in [-0.25, -0.2) is 4.57 Å². The number of ether oxygens (including phenoxy) is 2. The topological polar surface area (TPSA) is 108 Å². The first kappa shape index (κ1) is 56.0. The Morgan fingerprint density at radius 2 is 0.983 bits per heavy atom. The molecule has 1 N–H and O–H groups in total. The summed E-state index contributed by atoms with van der Waals surface area (Å²) in [5.41, 5.74) is 0. The molecule has 1 unspecified atom stereocenters. The van der Waals surface area contributed by atoms with E-state index in [-0.39, 0.29) is 32.0 Å². The Morgan fingerprint density at radius 3 is 1.47 bits per heavy atom. The highest BCUT2D eigenvalue weighted by molar-refractivity contribution is 7.47. The molecule has 338 valence electrons. The van der Waals surface area contributed by atoms with Gasteiger partial charge in [0.05, 0.1) is 27.7 Å². The molecule has 0 radical (unpaired) electrons. The van der Waals surface area contributed by atoms with Crippen molar-refractivity contribution in [3.8, 4) is 0 Å². The lowest BCUT2D eigenvalue weighted by Gasteiger charge is -2.24. The van der Waals surface area contributed by atoms with Crippen LogP contribution in [0.1, 0.15) is 194 Å². The molecule has 0 aliphatic heterocycles. The third-order valence-electron chi connectivity index (χ3n) is 9.97. The van der Waals surface area contributed by atoms with E-state index in [2.05, 4.69) is 32.1 Å². The number of hydrogen-bond donors (Lipinski definition) is 1. The van der Waals surface area contributed by atoms with Crippen molar-refractivity contribution in [2.45, 2.75) is 200 Å². The van der Waals surface area contributed by atoms with Crippen molar-refractivity contribution >= 4 is 19.8 Å². The summed E-state index contributed by atoms with van der Waals surface area (Å²) in [7, 11) is 1.46. The van der Waals surface area contributed by atoms with Gasteiger partial charge in [0.15, 0.2) is 6.10 Å². The van der Waals surface area contributed by atoms with Crippen LogP contribution in [0.25, 0.3) is 0 Å². The number of allylic oxidation sites excluding steroid dienone is 8. The van der Waals surface area contributed by atoms with Gasteiger partial charge in [0.2, 0.25) is 0 Å². The molecule has 0 aromatic rings. The van der Waals surface area contributed by atoms with E-state index in [1.54, 1.807) is 0 Å². The number of rotatable bonds is 42. The van der Waals surface area contributed by atoms with Gasteiger partial charge < -0.3 is 18.9 Å². The average Bonchev–Trinajstić information content (AvgIpc) is 3.17. The maximum Gasteiger partial charge on any atom is 0.472 e. The summed E-state index contributed by atoms with van der Waals surface area (Å²) in [5, 5.41) is 0. The van der Waals surface area contributed by atoms with Crippen molar-refractivity contribution in [3.63, 3.8) is 0 Å². The number of quaternary nitrogens is 1. The molecule has 2 atom stereocenters. The van der Waals surface area contributed by atoms with Crippen molar-refractivity contribution in [2.75, 3.05) is 47.5 Å². The Kier molecular flexibility index (Phi) is 39.0. The van der Waals surface area contributed by atoms with Crippen molar-refractivity contribution in [1.82, 2.24) is 0 Å². The van der Waals surface area contributed by atoms with Crippen LogP contribution >= 0.6 is 7.82 Å². The minimum atomic E-state index is -4.38. The number of carbonyl (C=O) groups excluding carboxylic acids is 2. The lowest BCUT2D eigenvalue weighted by atomic mass is 10.0. The molecule has 0 aromatic heterocycles. The van der Waals surface area contributed by atoms with Crippen LogP contribution in [0.3, 0.4) is 0 Å². The van der Waals surface area contributed by atoms with Crippen LogP contribution in [-0.2, 0) is 32.7 Å². The monoisotopic (exact) mass is 839 g/mol. The van der Waals surface area contributed by atoms with Gasteiger partial charge in [-0.1, -0.05) is 197 Å². The lowest BCUT2D eigenvalue weighted by molar-refractivity contribution is -0.870. The molecule has 9 nitrogen and oxygen atoms in total. The zero-order chi connectivity index (χ0) is 42.8. The van der Waals surface area contributed by atoms with E-state index < -0.39 is 26.5 Å². The molecule has 0 rings (SSSR count). The van der Waals surface area contributed by atoms with Gasteiger partial charge in [0, 0.05) is 12.8 Å². The Hall–Kier alpha value is -2.03. The van der Waals surface area contributed by atoms with Crippen molar-refractivity contribution in [3.05, 3.63) is 48.6 Å². The van der Waals surface area contributed by atoms with Crippen molar-refractivity contribution in [2.24, 2.45) is 0 Å². The van der Waals surface area contributed by atoms with Gasteiger partial charge >= 0.3 is 19.8 Å². The minimum Gasteiger partial charge on any atom is -0.462 e. The number of unbranched alkanes of at least 4 members (excludes halogenated alkanes) is 23. The lowest BCUT2D eigenvalue weighted by Crippen LogP contribution is -2.37. The van der Waals surface area contributed by atoms with E-state index in [0.29, 0.717) is 23.9 Å². The molecule has 0 aromatic carbocycles. The fourth-order valence-corrected chi connectivity index (χ4v) is 7.06. The van der Waals surface area contributed by atoms with E-state index in [4.69, 9.17) is 18.5 Å². The summed E-state index contributed by atoms with van der Waals surface area (Å²) in [6, 6.07) is 0. The number of nitrogens with zero attached hydrogens (tertiary/aromatic N) is 1. The van der Waals surface area contributed by atoms with Gasteiger partial charge in [0.25, 0.3) is 0 Å². The van der Waals surface area contributed by atoms with Crippen LogP contribution in [0, 0.1) is 0 Å². The summed E-state index contributed by atoms with van der Waals surface area (Å²) >= 11 is 0. The predicted molar refractivity (Wildman–Crippen MR) is 243 cm³/mol. The number of carbonyl (C=O) groups is 2. The first-order chi connectivity index (χ1) is 28.0. The molecule has 0 heterocycles. The number of phosphoric acid groups is 1. The van der Waals surface area contributed by atoms with Gasteiger partial charge in [0.1, 0.15) is 19.8 Å². The number of esters is 2. The van der Waals surface area contributed by atoms with Gasteiger partial charge in [-0.3, -0.25) is 18.6 Å². The van der Waals surface area contributed by atoms with Crippen LogP contribution in [0.2, 0.25) is 0 Å². The SMILES string of the molecule is CC/C=C/C=C/C=C/C=C/CCCCCCCC(=O)OC[C@H](COP(=O)(O)OCC[N+](C)(C)C)OC(=O)CCCCCCCCCCCCCCCCCCCCC. The predicted octanol–water partition coefficient (Wildman–Crippen LogP) is 13.5. The molecular weight excluding hydrogens is 750 g/mol. The Bertz CT molecular complexity index is 1130. The molecule has 10 heteroatoms. The molecule has 0 spiro atoms. The first-order valence-electron chi connectivity index (χ1n) is 23.4. The quantitative estimate of drug-likeness (QED) is 0.0213. The zero-order valence-electron chi connectivity index (χ0n) is 38.0. The zero-order valence-corrected chi connectivity index (χ0v) is 38.9. The largest absolute Gasteiger partial charge is 0.472 e. The van der Waals surface area contributed by atoms with Gasteiger partial charge in [-0.2, -0.15) is 0 Å². The Labute approximate surface area is 356 Å². The van der Waals surface area contributed by atoms with Crippen molar-refractivity contribution < 1.29 is 42.1 Å². The third kappa shape index (κ3) is 43.5. The molecule has 0 amide bonds. The van der Waals surface area contributed by atoms with E-state index in [0.717, 1.165) is 51.4 Å². The summed E-state index contributed by atoms with van der Waals surface area (Å²) in [4.78, 5) is 35.4. The minimum absolute atomic E-state index is 0.0272. The molecule has 0 saturated carbocycles. The molecular formula is C48H89NO8P+. The van der Waals surface area contributed by atoms with Gasteiger partial charge in [-0.05, 0) is 32.1 Å². The highest BCUT2D eigenvalue weighted by Crippen LogP contribution is 2.43. The van der Waals surface area contributed by atoms with E-state index >= 15 is 0 Å².